The van der Waals surface area contributed by atoms with Crippen molar-refractivity contribution in [1.82, 2.24) is 15.5 Å². The molecule has 2 aromatic rings. The van der Waals surface area contributed by atoms with Gasteiger partial charge < -0.3 is 9.84 Å². The molecular weight excluding hydrogens is 250 g/mol. The van der Waals surface area contributed by atoms with Crippen molar-refractivity contribution in [1.29, 1.82) is 0 Å². The Morgan fingerprint density at radius 2 is 1.85 bits per heavy atom. The van der Waals surface area contributed by atoms with Crippen LogP contribution in [0.4, 0.5) is 0 Å². The number of aromatic nitrogens is 2. The van der Waals surface area contributed by atoms with Gasteiger partial charge in [-0.3, -0.25) is 0 Å². The molecule has 4 nitrogen and oxygen atoms in total. The van der Waals surface area contributed by atoms with Crippen LogP contribution in [0.15, 0.2) is 34.9 Å². The Bertz CT molecular complexity index is 556. The van der Waals surface area contributed by atoms with Crippen molar-refractivity contribution in [3.05, 3.63) is 47.6 Å². The van der Waals surface area contributed by atoms with Gasteiger partial charge in [0.2, 0.25) is 5.89 Å². The fourth-order valence-corrected chi connectivity index (χ4v) is 2.71. The quantitative estimate of drug-likeness (QED) is 0.932. The molecule has 20 heavy (non-hydrogen) atoms. The lowest BCUT2D eigenvalue weighted by molar-refractivity contribution is 0.324. The largest absolute Gasteiger partial charge is 0.338 e. The van der Waals surface area contributed by atoms with Crippen LogP contribution in [0.25, 0.3) is 0 Å². The lowest BCUT2D eigenvalue weighted by Crippen LogP contribution is -2.27. The average molecular weight is 271 g/mol. The van der Waals surface area contributed by atoms with E-state index in [0.717, 1.165) is 31.8 Å². The number of benzene rings is 1. The van der Waals surface area contributed by atoms with Crippen molar-refractivity contribution >= 4 is 0 Å². The third kappa shape index (κ3) is 2.48. The first-order valence-corrected chi connectivity index (χ1v) is 7.28. The number of piperidine rings is 1. The first-order valence-electron chi connectivity index (χ1n) is 7.28. The molecule has 0 amide bonds. The van der Waals surface area contributed by atoms with E-state index in [0.29, 0.717) is 11.8 Å². The Morgan fingerprint density at radius 1 is 1.15 bits per heavy atom. The SMILES string of the molecule is CC(C)(c1ccccc1)c1nc(C2CCNCC2)no1. The summed E-state index contributed by atoms with van der Waals surface area (Å²) in [4.78, 5) is 4.68. The summed E-state index contributed by atoms with van der Waals surface area (Å²) in [5, 5.41) is 7.58. The Morgan fingerprint density at radius 3 is 2.55 bits per heavy atom. The third-order valence-electron chi connectivity index (χ3n) is 4.18. The molecule has 0 radical (unpaired) electrons. The van der Waals surface area contributed by atoms with Crippen molar-refractivity contribution in [3.8, 4) is 0 Å². The number of hydrogen-bond donors (Lipinski definition) is 1. The zero-order valence-electron chi connectivity index (χ0n) is 12.1. The normalized spacial score (nSPS) is 17.3. The van der Waals surface area contributed by atoms with Crippen LogP contribution < -0.4 is 5.32 Å². The molecule has 0 aliphatic carbocycles. The van der Waals surface area contributed by atoms with E-state index in [1.54, 1.807) is 0 Å². The van der Waals surface area contributed by atoms with Gasteiger partial charge in [-0.15, -0.1) is 0 Å². The molecule has 1 fully saturated rings. The topological polar surface area (TPSA) is 51.0 Å². The zero-order chi connectivity index (χ0) is 14.0. The molecule has 1 saturated heterocycles. The Kier molecular flexibility index (Phi) is 3.57. The first kappa shape index (κ1) is 13.3. The van der Waals surface area contributed by atoms with Gasteiger partial charge in [0.25, 0.3) is 0 Å². The second-order valence-electron chi connectivity index (χ2n) is 5.97. The summed E-state index contributed by atoms with van der Waals surface area (Å²) in [6.45, 7) is 6.33. The molecule has 0 saturated carbocycles. The molecule has 0 spiro atoms. The monoisotopic (exact) mass is 271 g/mol. The average Bonchev–Trinajstić information content (AvgIpc) is 3.00. The molecule has 1 aromatic heterocycles. The molecular formula is C16H21N3O. The van der Waals surface area contributed by atoms with Gasteiger partial charge in [0.15, 0.2) is 5.82 Å². The molecule has 106 valence electrons. The van der Waals surface area contributed by atoms with Crippen LogP contribution in [-0.2, 0) is 5.41 Å². The number of nitrogens with one attached hydrogen (secondary N) is 1. The highest BCUT2D eigenvalue weighted by Crippen LogP contribution is 2.31. The predicted molar refractivity (Wildman–Crippen MR) is 77.7 cm³/mol. The summed E-state index contributed by atoms with van der Waals surface area (Å²) in [6, 6.07) is 10.3. The van der Waals surface area contributed by atoms with Crippen molar-refractivity contribution in [2.45, 2.75) is 38.0 Å². The van der Waals surface area contributed by atoms with E-state index >= 15 is 0 Å². The van der Waals surface area contributed by atoms with Crippen molar-refractivity contribution in [2.24, 2.45) is 0 Å². The maximum atomic E-state index is 5.56. The lowest BCUT2D eigenvalue weighted by Gasteiger charge is -2.21. The Labute approximate surface area is 119 Å². The molecule has 1 aliphatic heterocycles. The summed E-state index contributed by atoms with van der Waals surface area (Å²) in [5.74, 6) is 2.00. The smallest absolute Gasteiger partial charge is 0.236 e. The second-order valence-corrected chi connectivity index (χ2v) is 5.97. The minimum Gasteiger partial charge on any atom is -0.338 e. The van der Waals surface area contributed by atoms with Gasteiger partial charge in [-0.2, -0.15) is 4.98 Å². The highest BCUT2D eigenvalue weighted by atomic mass is 16.5. The third-order valence-corrected chi connectivity index (χ3v) is 4.18. The highest BCUT2D eigenvalue weighted by Gasteiger charge is 2.31. The fourth-order valence-electron chi connectivity index (χ4n) is 2.71. The van der Waals surface area contributed by atoms with E-state index in [1.165, 1.54) is 5.56 Å². The van der Waals surface area contributed by atoms with Gasteiger partial charge in [-0.25, -0.2) is 0 Å². The van der Waals surface area contributed by atoms with Crippen LogP contribution in [0.5, 0.6) is 0 Å². The molecule has 1 aromatic carbocycles. The zero-order valence-corrected chi connectivity index (χ0v) is 12.1. The first-order chi connectivity index (χ1) is 9.68. The standard InChI is InChI=1S/C16H21N3O/c1-16(2,13-6-4-3-5-7-13)15-18-14(19-20-15)12-8-10-17-11-9-12/h3-7,12,17H,8-11H2,1-2H3. The Balaban J connectivity index is 1.85. The van der Waals surface area contributed by atoms with Crippen LogP contribution in [0.3, 0.4) is 0 Å². The van der Waals surface area contributed by atoms with Crippen LogP contribution in [-0.4, -0.2) is 23.2 Å². The van der Waals surface area contributed by atoms with Crippen molar-refractivity contribution < 1.29 is 4.52 Å². The summed E-state index contributed by atoms with van der Waals surface area (Å²) in [6.07, 6.45) is 2.18. The molecule has 0 bridgehead atoms. The number of rotatable bonds is 3. The van der Waals surface area contributed by atoms with E-state index in [-0.39, 0.29) is 5.41 Å². The molecule has 0 atom stereocenters. The van der Waals surface area contributed by atoms with Gasteiger partial charge in [0.05, 0.1) is 5.41 Å². The van der Waals surface area contributed by atoms with E-state index in [4.69, 9.17) is 4.52 Å². The van der Waals surface area contributed by atoms with Crippen LogP contribution >= 0.6 is 0 Å². The molecule has 4 heteroatoms. The van der Waals surface area contributed by atoms with Gasteiger partial charge in [-0.05, 0) is 45.3 Å². The van der Waals surface area contributed by atoms with Crippen LogP contribution in [0.2, 0.25) is 0 Å². The van der Waals surface area contributed by atoms with E-state index in [9.17, 15) is 0 Å². The molecule has 1 N–H and O–H groups in total. The maximum absolute atomic E-state index is 5.56. The second kappa shape index (κ2) is 5.37. The van der Waals surface area contributed by atoms with Gasteiger partial charge >= 0.3 is 0 Å². The summed E-state index contributed by atoms with van der Waals surface area (Å²) < 4.78 is 5.56. The summed E-state index contributed by atoms with van der Waals surface area (Å²) in [5.41, 5.74) is 0.944. The van der Waals surface area contributed by atoms with Crippen LogP contribution in [0, 0.1) is 0 Å². The fraction of sp³-hybridized carbons (Fsp3) is 0.500. The Hall–Kier alpha value is -1.68. The van der Waals surface area contributed by atoms with Gasteiger partial charge in [0.1, 0.15) is 0 Å². The molecule has 1 aliphatic rings. The minimum absolute atomic E-state index is 0.251. The van der Waals surface area contributed by atoms with Gasteiger partial charge in [0, 0.05) is 5.92 Å². The van der Waals surface area contributed by atoms with E-state index in [1.807, 2.05) is 18.2 Å². The summed E-state index contributed by atoms with van der Waals surface area (Å²) >= 11 is 0. The van der Waals surface area contributed by atoms with Crippen molar-refractivity contribution in [2.75, 3.05) is 13.1 Å². The molecule has 3 rings (SSSR count). The number of hydrogen-bond acceptors (Lipinski definition) is 4. The van der Waals surface area contributed by atoms with Gasteiger partial charge in [-0.1, -0.05) is 35.5 Å². The number of nitrogens with zero attached hydrogens (tertiary/aromatic N) is 2. The van der Waals surface area contributed by atoms with Crippen LogP contribution in [0.1, 0.15) is 49.9 Å². The van der Waals surface area contributed by atoms with E-state index in [2.05, 4.69) is 41.4 Å². The molecule has 0 unspecified atom stereocenters. The lowest BCUT2D eigenvalue weighted by atomic mass is 9.84. The van der Waals surface area contributed by atoms with Crippen molar-refractivity contribution in [3.63, 3.8) is 0 Å². The minimum atomic E-state index is -0.251. The molecule has 2 heterocycles. The highest BCUT2D eigenvalue weighted by molar-refractivity contribution is 5.29. The maximum Gasteiger partial charge on any atom is 0.236 e. The predicted octanol–water partition coefficient (Wildman–Crippen LogP) is 2.86. The van der Waals surface area contributed by atoms with E-state index < -0.39 is 0 Å². The summed E-state index contributed by atoms with van der Waals surface area (Å²) in [7, 11) is 0.